The van der Waals surface area contributed by atoms with Crippen LogP contribution in [0.3, 0.4) is 0 Å². The van der Waals surface area contributed by atoms with Crippen molar-refractivity contribution in [3.8, 4) is 0 Å². The lowest BCUT2D eigenvalue weighted by molar-refractivity contribution is -0.724. The van der Waals surface area contributed by atoms with Gasteiger partial charge >= 0.3 is 13.2 Å². The molecule has 4 nitrogen and oxygen atoms in total. The Kier molecular flexibility index (Phi) is 15.0. The van der Waals surface area contributed by atoms with Crippen molar-refractivity contribution in [1.82, 2.24) is 4.57 Å². The first-order valence-electron chi connectivity index (χ1n) is 11.2. The number of aryl methyl sites for hydroxylation is 1. The lowest BCUT2D eigenvalue weighted by Gasteiger charge is -2.19. The molecular formula is C22H39BF4N2O2. The number of hydrogen-bond acceptors (Lipinski definition) is 2. The van der Waals surface area contributed by atoms with Crippen molar-refractivity contribution in [3.63, 3.8) is 0 Å². The van der Waals surface area contributed by atoms with Gasteiger partial charge < -0.3 is 22.0 Å². The monoisotopic (exact) mass is 450 g/mol. The van der Waals surface area contributed by atoms with E-state index in [1.165, 1.54) is 51.4 Å². The summed E-state index contributed by atoms with van der Waals surface area (Å²) >= 11 is 0. The van der Waals surface area contributed by atoms with Crippen LogP contribution < -0.4 is 4.57 Å². The molecule has 2 unspecified atom stereocenters. The summed E-state index contributed by atoms with van der Waals surface area (Å²) in [5, 5.41) is 0. The highest BCUT2D eigenvalue weighted by Gasteiger charge is 2.22. The van der Waals surface area contributed by atoms with E-state index in [-0.39, 0.29) is 12.1 Å². The SMILES string of the molecule is C=C(C)C(=O)OC(C)CC(CCCCCCCCCC)[n+]1ccn(C)c1.F[B-](F)(F)F. The van der Waals surface area contributed by atoms with Crippen LogP contribution >= 0.6 is 0 Å². The molecule has 0 aromatic carbocycles. The van der Waals surface area contributed by atoms with Gasteiger partial charge in [-0.2, -0.15) is 0 Å². The fraction of sp³-hybridized carbons (Fsp3) is 0.727. The number of carbonyl (C=O) groups is 1. The summed E-state index contributed by atoms with van der Waals surface area (Å²) in [6.07, 6.45) is 18.8. The Bertz CT molecular complexity index is 629. The lowest BCUT2D eigenvalue weighted by Crippen LogP contribution is -2.39. The highest BCUT2D eigenvalue weighted by atomic mass is 19.5. The average molecular weight is 450 g/mol. The Hall–Kier alpha value is -1.80. The summed E-state index contributed by atoms with van der Waals surface area (Å²) in [6.45, 7) is 9.59. The predicted molar refractivity (Wildman–Crippen MR) is 117 cm³/mol. The first-order chi connectivity index (χ1) is 14.4. The van der Waals surface area contributed by atoms with Crippen molar-refractivity contribution in [2.24, 2.45) is 7.05 Å². The van der Waals surface area contributed by atoms with Gasteiger partial charge in [-0.15, -0.1) is 0 Å². The molecule has 0 N–H and O–H groups in total. The van der Waals surface area contributed by atoms with Crippen LogP contribution in [0.4, 0.5) is 17.3 Å². The number of rotatable bonds is 14. The van der Waals surface area contributed by atoms with Crippen molar-refractivity contribution < 1.29 is 31.4 Å². The second kappa shape index (κ2) is 15.9. The van der Waals surface area contributed by atoms with E-state index < -0.39 is 7.25 Å². The fourth-order valence-electron chi connectivity index (χ4n) is 3.30. The van der Waals surface area contributed by atoms with Crippen LogP contribution in [-0.2, 0) is 16.6 Å². The van der Waals surface area contributed by atoms with Crippen molar-refractivity contribution >= 4 is 13.2 Å². The van der Waals surface area contributed by atoms with Crippen LogP contribution in [-0.4, -0.2) is 23.9 Å². The van der Waals surface area contributed by atoms with Gasteiger partial charge in [0.2, 0.25) is 6.33 Å². The summed E-state index contributed by atoms with van der Waals surface area (Å²) < 4.78 is 48.8. The van der Waals surface area contributed by atoms with Gasteiger partial charge in [-0.3, -0.25) is 0 Å². The topological polar surface area (TPSA) is 35.1 Å². The first kappa shape index (κ1) is 29.2. The highest BCUT2D eigenvalue weighted by Crippen LogP contribution is 2.19. The van der Waals surface area contributed by atoms with Gasteiger partial charge in [-0.05, 0) is 26.7 Å². The summed E-state index contributed by atoms with van der Waals surface area (Å²) in [5.41, 5.74) is 0.462. The van der Waals surface area contributed by atoms with Gasteiger partial charge in [-0.25, -0.2) is 13.9 Å². The maximum absolute atomic E-state index is 11.7. The van der Waals surface area contributed by atoms with E-state index in [0.29, 0.717) is 11.6 Å². The summed E-state index contributed by atoms with van der Waals surface area (Å²) in [6, 6.07) is 0.365. The first-order valence-corrected chi connectivity index (χ1v) is 11.2. The quantitative estimate of drug-likeness (QED) is 0.0801. The van der Waals surface area contributed by atoms with Crippen LogP contribution in [0.5, 0.6) is 0 Å². The van der Waals surface area contributed by atoms with Gasteiger partial charge in [0.25, 0.3) is 0 Å². The molecule has 0 aliphatic rings. The molecular weight excluding hydrogens is 411 g/mol. The number of ether oxygens (including phenoxy) is 1. The van der Waals surface area contributed by atoms with Crippen molar-refractivity contribution in [3.05, 3.63) is 30.9 Å². The molecule has 2 atom stereocenters. The minimum atomic E-state index is -6.00. The number of halogens is 4. The number of aromatic nitrogens is 2. The van der Waals surface area contributed by atoms with E-state index in [1.807, 2.05) is 14.0 Å². The predicted octanol–water partition coefficient (Wildman–Crippen LogP) is 6.58. The summed E-state index contributed by atoms with van der Waals surface area (Å²) in [4.78, 5) is 11.7. The minimum Gasteiger partial charge on any atom is -0.459 e. The molecule has 0 saturated carbocycles. The minimum absolute atomic E-state index is 0.106. The van der Waals surface area contributed by atoms with E-state index >= 15 is 0 Å². The second-order valence-electron chi connectivity index (χ2n) is 8.17. The number of unbranched alkanes of at least 4 members (excludes halogenated alkanes) is 7. The van der Waals surface area contributed by atoms with E-state index in [4.69, 9.17) is 4.74 Å². The van der Waals surface area contributed by atoms with Gasteiger partial charge in [0.1, 0.15) is 24.5 Å². The standard InChI is InChI=1S/C22H39N2O2.BF4/c1-6-7-8-9-10-11-12-13-14-21(24-16-15-23(5)18-24)17-20(4)26-22(25)19(2)3;2-1(3,4)5/h15-16,18,20-21H,2,6-14,17H2,1,3-5H3;/q+1;-1. The van der Waals surface area contributed by atoms with E-state index in [9.17, 15) is 22.1 Å². The Morgan fingerprint density at radius 1 is 1.10 bits per heavy atom. The normalized spacial score (nSPS) is 13.2. The molecule has 0 aliphatic heterocycles. The number of esters is 1. The molecule has 1 rings (SSSR count). The van der Waals surface area contributed by atoms with Crippen LogP contribution in [0.15, 0.2) is 30.9 Å². The highest BCUT2D eigenvalue weighted by molar-refractivity contribution is 6.50. The summed E-state index contributed by atoms with van der Waals surface area (Å²) in [7, 11) is -3.96. The smallest absolute Gasteiger partial charge is 0.459 e. The largest absolute Gasteiger partial charge is 0.673 e. The zero-order chi connectivity index (χ0) is 23.9. The molecule has 0 bridgehead atoms. The molecule has 0 radical (unpaired) electrons. The molecule has 0 saturated heterocycles. The fourth-order valence-corrected chi connectivity index (χ4v) is 3.30. The van der Waals surface area contributed by atoms with Crippen LogP contribution in [0.1, 0.15) is 91.0 Å². The number of hydrogen-bond donors (Lipinski definition) is 0. The second-order valence-corrected chi connectivity index (χ2v) is 8.17. The molecule has 1 aromatic heterocycles. The molecule has 1 heterocycles. The number of carbonyl (C=O) groups excluding carboxylic acids is 1. The molecule has 0 amide bonds. The number of imidazole rings is 1. The Balaban J connectivity index is 0.00000161. The van der Waals surface area contributed by atoms with Crippen molar-refractivity contribution in [2.75, 3.05) is 0 Å². The van der Waals surface area contributed by atoms with Gasteiger partial charge in [0, 0.05) is 12.0 Å². The maximum Gasteiger partial charge on any atom is 0.673 e. The average Bonchev–Trinajstić information content (AvgIpc) is 3.07. The molecule has 180 valence electrons. The third kappa shape index (κ3) is 17.6. The molecule has 1 aromatic rings. The molecule has 0 aliphatic carbocycles. The van der Waals surface area contributed by atoms with E-state index in [2.05, 4.69) is 41.4 Å². The Morgan fingerprint density at radius 2 is 1.61 bits per heavy atom. The molecule has 0 fully saturated rings. The lowest BCUT2D eigenvalue weighted by atomic mass is 10.0. The van der Waals surface area contributed by atoms with Gasteiger partial charge in [-0.1, -0.05) is 58.4 Å². The Labute approximate surface area is 184 Å². The van der Waals surface area contributed by atoms with Crippen LogP contribution in [0.2, 0.25) is 0 Å². The van der Waals surface area contributed by atoms with Crippen molar-refractivity contribution in [1.29, 1.82) is 0 Å². The van der Waals surface area contributed by atoms with E-state index in [1.54, 1.807) is 6.92 Å². The third-order valence-electron chi connectivity index (χ3n) is 4.86. The zero-order valence-electron chi connectivity index (χ0n) is 19.5. The zero-order valence-corrected chi connectivity index (χ0v) is 19.5. The van der Waals surface area contributed by atoms with E-state index in [0.717, 1.165) is 12.8 Å². The number of nitrogens with zero attached hydrogens (tertiary/aromatic N) is 2. The molecule has 9 heteroatoms. The summed E-state index contributed by atoms with van der Waals surface area (Å²) in [5.74, 6) is -0.290. The van der Waals surface area contributed by atoms with Gasteiger partial charge in [0.05, 0.1) is 7.05 Å². The molecule has 31 heavy (non-hydrogen) atoms. The van der Waals surface area contributed by atoms with Crippen LogP contribution in [0, 0.1) is 0 Å². The third-order valence-corrected chi connectivity index (χ3v) is 4.86. The Morgan fingerprint density at radius 3 is 2.06 bits per heavy atom. The van der Waals surface area contributed by atoms with Crippen LogP contribution in [0.25, 0.3) is 0 Å². The molecule has 0 spiro atoms. The van der Waals surface area contributed by atoms with Crippen molar-refractivity contribution in [2.45, 2.75) is 97.1 Å². The maximum atomic E-state index is 11.7. The van der Waals surface area contributed by atoms with Gasteiger partial charge in [0.15, 0.2) is 0 Å².